The summed E-state index contributed by atoms with van der Waals surface area (Å²) in [7, 11) is 0. The maximum atomic E-state index is 13.1. The first-order valence-corrected chi connectivity index (χ1v) is 12.3. The number of benzene rings is 3. The van der Waals surface area contributed by atoms with Crippen LogP contribution in [-0.2, 0) is 11.3 Å². The number of halogens is 2. The van der Waals surface area contributed by atoms with E-state index in [0.29, 0.717) is 22.2 Å². The zero-order valence-electron chi connectivity index (χ0n) is 17.6. The summed E-state index contributed by atoms with van der Waals surface area (Å²) in [6.45, 7) is 2.63. The van der Waals surface area contributed by atoms with Crippen LogP contribution >= 0.6 is 39.3 Å². The van der Waals surface area contributed by atoms with E-state index in [1.165, 1.54) is 4.90 Å². The Morgan fingerprint density at radius 1 is 1.00 bits per heavy atom. The summed E-state index contributed by atoms with van der Waals surface area (Å²) in [5.41, 5.74) is 4.69. The lowest BCUT2D eigenvalue weighted by atomic mass is 10.1. The van der Waals surface area contributed by atoms with Crippen LogP contribution in [0, 0.1) is 6.92 Å². The second-order valence-electron chi connectivity index (χ2n) is 7.85. The van der Waals surface area contributed by atoms with Crippen LogP contribution < -0.4 is 4.90 Å². The van der Waals surface area contributed by atoms with E-state index in [1.807, 2.05) is 73.8 Å². The lowest BCUT2D eigenvalue weighted by Gasteiger charge is -2.12. The summed E-state index contributed by atoms with van der Waals surface area (Å²) in [5, 5.41) is 1.41. The number of hydrogen-bond donors (Lipinski definition) is 0. The lowest BCUT2D eigenvalue weighted by molar-refractivity contribution is -0.113. The van der Waals surface area contributed by atoms with Gasteiger partial charge in [0.1, 0.15) is 0 Å². The normalized spacial score (nSPS) is 15.2. The number of aryl methyl sites for hydroxylation is 1. The second kappa shape index (κ2) is 8.86. The summed E-state index contributed by atoms with van der Waals surface area (Å²) in [6, 6.07) is 21.2. The van der Waals surface area contributed by atoms with Gasteiger partial charge in [0.2, 0.25) is 0 Å². The first kappa shape index (κ1) is 22.0. The zero-order chi connectivity index (χ0) is 23.1. The molecule has 4 aromatic rings. The first-order valence-electron chi connectivity index (χ1n) is 10.3. The third-order valence-corrected chi connectivity index (χ3v) is 7.13. The van der Waals surface area contributed by atoms with Gasteiger partial charge in [-0.1, -0.05) is 57.4 Å². The molecule has 0 spiro atoms. The third-order valence-electron chi connectivity index (χ3n) is 5.51. The number of anilines is 1. The van der Waals surface area contributed by atoms with Gasteiger partial charge in [-0.05, 0) is 72.8 Å². The summed E-state index contributed by atoms with van der Waals surface area (Å²) in [5.74, 6) is -0.303. The van der Waals surface area contributed by atoms with E-state index >= 15 is 0 Å². The standard InChI is InChI=1S/C26H18BrClN2O2S/c1-16-2-9-21(10-3-16)30-25(31)24(33-26(30)32)12-18-15-29(14-17-4-7-20(28)8-5-17)23-11-6-19(27)13-22(18)23/h2-13,15H,14H2,1H3/b24-12-. The van der Waals surface area contributed by atoms with Crippen molar-refractivity contribution in [1.29, 1.82) is 0 Å². The Kier molecular flexibility index (Phi) is 5.91. The Morgan fingerprint density at radius 3 is 2.45 bits per heavy atom. The van der Waals surface area contributed by atoms with Crippen LogP contribution in [-0.4, -0.2) is 15.7 Å². The van der Waals surface area contributed by atoms with Crippen molar-refractivity contribution in [2.24, 2.45) is 0 Å². The van der Waals surface area contributed by atoms with Crippen molar-refractivity contribution >= 4 is 73.1 Å². The van der Waals surface area contributed by atoms with Crippen molar-refractivity contribution in [3.63, 3.8) is 0 Å². The first-order chi connectivity index (χ1) is 15.9. The quantitative estimate of drug-likeness (QED) is 0.251. The molecule has 2 heterocycles. The lowest BCUT2D eigenvalue weighted by Crippen LogP contribution is -2.27. The Labute approximate surface area is 209 Å². The molecule has 1 aliphatic heterocycles. The molecule has 1 saturated heterocycles. The second-order valence-corrected chi connectivity index (χ2v) is 10.2. The van der Waals surface area contributed by atoms with E-state index < -0.39 is 0 Å². The Morgan fingerprint density at radius 2 is 1.73 bits per heavy atom. The van der Waals surface area contributed by atoms with Crippen molar-refractivity contribution in [2.45, 2.75) is 13.5 Å². The number of fused-ring (bicyclic) bond motifs is 1. The molecule has 0 saturated carbocycles. The molecule has 3 aromatic carbocycles. The van der Waals surface area contributed by atoms with Gasteiger partial charge in [-0.3, -0.25) is 9.59 Å². The van der Waals surface area contributed by atoms with Gasteiger partial charge >= 0.3 is 0 Å². The molecule has 0 N–H and O–H groups in total. The molecule has 1 aromatic heterocycles. The van der Waals surface area contributed by atoms with Crippen molar-refractivity contribution in [2.75, 3.05) is 4.90 Å². The maximum absolute atomic E-state index is 13.1. The molecule has 0 unspecified atom stereocenters. The largest absolute Gasteiger partial charge is 0.342 e. The number of rotatable bonds is 4. The van der Waals surface area contributed by atoms with E-state index in [4.69, 9.17) is 11.6 Å². The minimum atomic E-state index is -0.303. The smallest absolute Gasteiger partial charge is 0.298 e. The van der Waals surface area contributed by atoms with Gasteiger partial charge in [0.15, 0.2) is 0 Å². The Hall–Kier alpha value is -2.80. The van der Waals surface area contributed by atoms with Crippen LogP contribution in [0.5, 0.6) is 0 Å². The van der Waals surface area contributed by atoms with Crippen molar-refractivity contribution < 1.29 is 9.59 Å². The fraction of sp³-hybridized carbons (Fsp3) is 0.0769. The van der Waals surface area contributed by atoms with Crippen molar-refractivity contribution in [3.8, 4) is 0 Å². The highest BCUT2D eigenvalue weighted by Crippen LogP contribution is 2.37. The van der Waals surface area contributed by atoms with Gasteiger partial charge < -0.3 is 4.57 Å². The molecule has 0 radical (unpaired) electrons. The predicted molar refractivity (Wildman–Crippen MR) is 140 cm³/mol. The number of imide groups is 1. The molecule has 0 bridgehead atoms. The number of amides is 2. The molecular weight excluding hydrogens is 520 g/mol. The summed E-state index contributed by atoms with van der Waals surface area (Å²) < 4.78 is 3.09. The van der Waals surface area contributed by atoms with E-state index in [9.17, 15) is 9.59 Å². The average Bonchev–Trinajstić information content (AvgIpc) is 3.26. The predicted octanol–water partition coefficient (Wildman–Crippen LogP) is 7.65. The van der Waals surface area contributed by atoms with E-state index in [0.717, 1.165) is 43.8 Å². The van der Waals surface area contributed by atoms with Crippen LogP contribution in [0.3, 0.4) is 0 Å². The number of hydrogen-bond acceptors (Lipinski definition) is 3. The van der Waals surface area contributed by atoms with Crippen molar-refractivity contribution in [3.05, 3.63) is 104 Å². The molecule has 164 valence electrons. The monoisotopic (exact) mass is 536 g/mol. The van der Waals surface area contributed by atoms with Gasteiger partial charge in [0.05, 0.1) is 10.6 Å². The van der Waals surface area contributed by atoms with Crippen LogP contribution in [0.25, 0.3) is 17.0 Å². The highest BCUT2D eigenvalue weighted by Gasteiger charge is 2.36. The van der Waals surface area contributed by atoms with Gasteiger partial charge in [-0.15, -0.1) is 0 Å². The number of carbonyl (C=O) groups is 2. The molecule has 1 fully saturated rings. The Balaban J connectivity index is 1.53. The third kappa shape index (κ3) is 4.38. The van der Waals surface area contributed by atoms with Crippen LogP contribution in [0.15, 0.2) is 82.3 Å². The number of thioether (sulfide) groups is 1. The molecule has 4 nitrogen and oxygen atoms in total. The maximum Gasteiger partial charge on any atom is 0.298 e. The fourth-order valence-corrected chi connectivity index (χ4v) is 5.17. The van der Waals surface area contributed by atoms with Gasteiger partial charge in [0, 0.05) is 38.7 Å². The minimum Gasteiger partial charge on any atom is -0.342 e. The molecule has 2 amide bonds. The van der Waals surface area contributed by atoms with Crippen molar-refractivity contribution in [1.82, 2.24) is 4.57 Å². The molecule has 0 aliphatic carbocycles. The summed E-state index contributed by atoms with van der Waals surface area (Å²) >= 11 is 10.5. The summed E-state index contributed by atoms with van der Waals surface area (Å²) in [6.07, 6.45) is 3.83. The molecular formula is C26H18BrClN2O2S. The van der Waals surface area contributed by atoms with Gasteiger partial charge in [-0.25, -0.2) is 4.90 Å². The van der Waals surface area contributed by atoms with E-state index in [-0.39, 0.29) is 11.1 Å². The SMILES string of the molecule is Cc1ccc(N2C(=O)S/C(=C\c3cn(Cc4ccc(Cl)cc4)c4ccc(Br)cc34)C2=O)cc1. The number of aromatic nitrogens is 1. The van der Waals surface area contributed by atoms with E-state index in [1.54, 1.807) is 12.1 Å². The fourth-order valence-electron chi connectivity index (χ4n) is 3.85. The molecule has 0 atom stereocenters. The summed E-state index contributed by atoms with van der Waals surface area (Å²) in [4.78, 5) is 27.4. The number of carbonyl (C=O) groups excluding carboxylic acids is 2. The molecule has 1 aliphatic rings. The minimum absolute atomic E-state index is 0.291. The Bertz CT molecular complexity index is 1430. The van der Waals surface area contributed by atoms with E-state index in [2.05, 4.69) is 20.5 Å². The molecule has 33 heavy (non-hydrogen) atoms. The zero-order valence-corrected chi connectivity index (χ0v) is 20.7. The topological polar surface area (TPSA) is 42.3 Å². The van der Waals surface area contributed by atoms with Gasteiger partial charge in [0.25, 0.3) is 11.1 Å². The average molecular weight is 538 g/mol. The van der Waals surface area contributed by atoms with Crippen LogP contribution in [0.2, 0.25) is 5.02 Å². The number of nitrogens with zero attached hydrogens (tertiary/aromatic N) is 2. The molecule has 7 heteroatoms. The highest BCUT2D eigenvalue weighted by molar-refractivity contribution is 9.10. The highest BCUT2D eigenvalue weighted by atomic mass is 79.9. The van der Waals surface area contributed by atoms with Crippen LogP contribution in [0.4, 0.5) is 10.5 Å². The van der Waals surface area contributed by atoms with Gasteiger partial charge in [-0.2, -0.15) is 0 Å². The molecule has 5 rings (SSSR count). The van der Waals surface area contributed by atoms with Crippen LogP contribution in [0.1, 0.15) is 16.7 Å².